The Morgan fingerprint density at radius 1 is 1.19 bits per heavy atom. The van der Waals surface area contributed by atoms with E-state index in [0.29, 0.717) is 33.3 Å². The molecule has 6 nitrogen and oxygen atoms in total. The number of carbonyl (C=O) groups excluding carboxylic acids is 2. The highest BCUT2D eigenvalue weighted by molar-refractivity contribution is 6.42. The minimum atomic E-state index is -0.954. The molecule has 0 aliphatic carbocycles. The molecule has 26 heavy (non-hydrogen) atoms. The van der Waals surface area contributed by atoms with Gasteiger partial charge in [0.05, 0.1) is 15.6 Å². The number of fused-ring (bicyclic) bond motifs is 1. The van der Waals surface area contributed by atoms with Crippen LogP contribution in [0.1, 0.15) is 23.7 Å². The number of aromatic nitrogens is 1. The molecule has 0 radical (unpaired) electrons. The van der Waals surface area contributed by atoms with Gasteiger partial charge in [-0.2, -0.15) is 0 Å². The van der Waals surface area contributed by atoms with E-state index in [0.717, 1.165) is 0 Å². The van der Waals surface area contributed by atoms with Crippen molar-refractivity contribution in [2.75, 3.05) is 5.32 Å². The molecule has 3 rings (SSSR count). The maximum atomic E-state index is 12.4. The number of nitrogens with zero attached hydrogens (tertiary/aromatic N) is 1. The van der Waals surface area contributed by atoms with E-state index in [1.807, 2.05) is 0 Å². The van der Waals surface area contributed by atoms with Crippen LogP contribution in [0.15, 0.2) is 47.2 Å². The average molecular weight is 393 g/mol. The number of hydrogen-bond acceptors (Lipinski definition) is 5. The summed E-state index contributed by atoms with van der Waals surface area (Å²) in [6.07, 6.45) is 0.648. The van der Waals surface area contributed by atoms with Crippen molar-refractivity contribution < 1.29 is 18.7 Å². The first-order chi connectivity index (χ1) is 12.5. The van der Waals surface area contributed by atoms with Gasteiger partial charge in [0.1, 0.15) is 5.52 Å². The molecule has 0 spiro atoms. The quantitative estimate of drug-likeness (QED) is 0.635. The lowest BCUT2D eigenvalue weighted by atomic mass is 10.2. The van der Waals surface area contributed by atoms with Crippen LogP contribution in [-0.4, -0.2) is 23.0 Å². The third-order valence-corrected chi connectivity index (χ3v) is 4.40. The third-order valence-electron chi connectivity index (χ3n) is 3.67. The van der Waals surface area contributed by atoms with E-state index in [-0.39, 0.29) is 5.56 Å². The highest BCUT2D eigenvalue weighted by Gasteiger charge is 2.22. The van der Waals surface area contributed by atoms with Crippen LogP contribution in [-0.2, 0) is 9.53 Å². The van der Waals surface area contributed by atoms with Crippen LogP contribution in [0.4, 0.5) is 5.69 Å². The molecule has 1 N–H and O–H groups in total. The van der Waals surface area contributed by atoms with Crippen LogP contribution < -0.4 is 5.32 Å². The van der Waals surface area contributed by atoms with E-state index < -0.39 is 18.0 Å². The molecular formula is C18H14Cl2N2O4. The fraction of sp³-hybridized carbons (Fsp3) is 0.167. The number of esters is 1. The Bertz CT molecular complexity index is 971. The minimum absolute atomic E-state index is 0.284. The molecule has 1 amide bonds. The molecule has 1 unspecified atom stereocenters. The van der Waals surface area contributed by atoms with Crippen molar-refractivity contribution in [1.82, 2.24) is 4.98 Å². The molecule has 0 aliphatic rings. The Labute approximate surface area is 159 Å². The SMILES string of the molecule is CCC(OC(=O)c1ccc2ocnc2c1)C(=O)Nc1ccc(Cl)c(Cl)c1. The van der Waals surface area contributed by atoms with Gasteiger partial charge in [0.2, 0.25) is 0 Å². The highest BCUT2D eigenvalue weighted by atomic mass is 35.5. The van der Waals surface area contributed by atoms with Crippen LogP contribution in [0, 0.1) is 0 Å². The van der Waals surface area contributed by atoms with Gasteiger partial charge in [-0.05, 0) is 42.8 Å². The zero-order valence-electron chi connectivity index (χ0n) is 13.7. The fourth-order valence-electron chi connectivity index (χ4n) is 2.30. The first-order valence-corrected chi connectivity index (χ1v) is 8.53. The predicted molar refractivity (Wildman–Crippen MR) is 98.6 cm³/mol. The van der Waals surface area contributed by atoms with Crippen LogP contribution in [0.25, 0.3) is 11.1 Å². The van der Waals surface area contributed by atoms with Gasteiger partial charge in [0.25, 0.3) is 5.91 Å². The first kappa shape index (κ1) is 18.2. The lowest BCUT2D eigenvalue weighted by Crippen LogP contribution is -2.32. The second kappa shape index (κ2) is 7.76. The van der Waals surface area contributed by atoms with Gasteiger partial charge in [-0.3, -0.25) is 4.79 Å². The van der Waals surface area contributed by atoms with Crippen LogP contribution in [0.5, 0.6) is 0 Å². The van der Waals surface area contributed by atoms with Gasteiger partial charge in [-0.25, -0.2) is 9.78 Å². The summed E-state index contributed by atoms with van der Waals surface area (Å²) in [5.74, 6) is -1.08. The zero-order valence-corrected chi connectivity index (χ0v) is 15.2. The molecule has 0 saturated heterocycles. The number of ether oxygens (including phenoxy) is 1. The molecule has 3 aromatic rings. The summed E-state index contributed by atoms with van der Waals surface area (Å²) in [4.78, 5) is 28.7. The molecule has 8 heteroatoms. The highest BCUT2D eigenvalue weighted by Crippen LogP contribution is 2.25. The van der Waals surface area contributed by atoms with Crippen molar-refractivity contribution in [3.05, 3.63) is 58.4 Å². The maximum absolute atomic E-state index is 12.4. The van der Waals surface area contributed by atoms with Crippen molar-refractivity contribution in [3.63, 3.8) is 0 Å². The van der Waals surface area contributed by atoms with E-state index in [9.17, 15) is 9.59 Å². The summed E-state index contributed by atoms with van der Waals surface area (Å²) in [6, 6.07) is 9.42. The van der Waals surface area contributed by atoms with Crippen molar-refractivity contribution in [1.29, 1.82) is 0 Å². The van der Waals surface area contributed by atoms with Gasteiger partial charge in [-0.1, -0.05) is 30.1 Å². The van der Waals surface area contributed by atoms with E-state index in [4.69, 9.17) is 32.4 Å². The summed E-state index contributed by atoms with van der Waals surface area (Å²) in [5.41, 5.74) is 1.84. The lowest BCUT2D eigenvalue weighted by molar-refractivity contribution is -0.124. The molecule has 0 saturated carbocycles. The molecule has 2 aromatic carbocycles. The topological polar surface area (TPSA) is 81.4 Å². The van der Waals surface area contributed by atoms with Crippen molar-refractivity contribution in [2.24, 2.45) is 0 Å². The Kier molecular flexibility index (Phi) is 5.44. The number of nitrogens with one attached hydrogen (secondary N) is 1. The van der Waals surface area contributed by atoms with Gasteiger partial charge in [0.15, 0.2) is 18.1 Å². The number of amides is 1. The Morgan fingerprint density at radius 2 is 2.00 bits per heavy atom. The zero-order chi connectivity index (χ0) is 18.7. The predicted octanol–water partition coefficient (Wildman–Crippen LogP) is 4.71. The Hall–Kier alpha value is -2.57. The molecule has 0 bridgehead atoms. The average Bonchev–Trinajstić information content (AvgIpc) is 3.10. The standard InChI is InChI=1S/C18H14Cl2N2O4/c1-2-15(17(23)22-11-4-5-12(19)13(20)8-11)26-18(24)10-3-6-16-14(7-10)21-9-25-16/h3-9,15H,2H2,1H3,(H,22,23). The third kappa shape index (κ3) is 3.98. The normalized spacial score (nSPS) is 12.0. The van der Waals surface area contributed by atoms with Crippen molar-refractivity contribution in [2.45, 2.75) is 19.4 Å². The molecule has 0 aliphatic heterocycles. The van der Waals surface area contributed by atoms with Crippen LogP contribution in [0.3, 0.4) is 0 Å². The smallest absolute Gasteiger partial charge is 0.338 e. The Balaban J connectivity index is 1.70. The number of carbonyl (C=O) groups is 2. The lowest BCUT2D eigenvalue weighted by Gasteiger charge is -2.16. The van der Waals surface area contributed by atoms with E-state index >= 15 is 0 Å². The fourth-order valence-corrected chi connectivity index (χ4v) is 2.60. The van der Waals surface area contributed by atoms with Gasteiger partial charge in [-0.15, -0.1) is 0 Å². The number of oxazole rings is 1. The van der Waals surface area contributed by atoms with Crippen molar-refractivity contribution >= 4 is 51.9 Å². The summed E-state index contributed by atoms with van der Waals surface area (Å²) in [7, 11) is 0. The molecule has 134 valence electrons. The van der Waals surface area contributed by atoms with Gasteiger partial charge in [0, 0.05) is 5.69 Å². The van der Waals surface area contributed by atoms with Gasteiger partial charge < -0.3 is 14.5 Å². The number of benzene rings is 2. The van der Waals surface area contributed by atoms with Crippen LogP contribution >= 0.6 is 23.2 Å². The largest absolute Gasteiger partial charge is 0.449 e. The minimum Gasteiger partial charge on any atom is -0.449 e. The Morgan fingerprint density at radius 3 is 2.73 bits per heavy atom. The first-order valence-electron chi connectivity index (χ1n) is 7.78. The number of hydrogen-bond donors (Lipinski definition) is 1. The molecule has 0 fully saturated rings. The summed E-state index contributed by atoms with van der Waals surface area (Å²) >= 11 is 11.8. The van der Waals surface area contributed by atoms with E-state index in [1.54, 1.807) is 37.3 Å². The monoisotopic (exact) mass is 392 g/mol. The molecule has 1 aromatic heterocycles. The second-order valence-corrected chi connectivity index (χ2v) is 6.27. The van der Waals surface area contributed by atoms with E-state index in [1.165, 1.54) is 12.5 Å². The number of rotatable bonds is 5. The molecular weight excluding hydrogens is 379 g/mol. The maximum Gasteiger partial charge on any atom is 0.338 e. The molecule has 1 atom stereocenters. The second-order valence-electron chi connectivity index (χ2n) is 5.46. The van der Waals surface area contributed by atoms with Gasteiger partial charge >= 0.3 is 5.97 Å². The number of anilines is 1. The van der Waals surface area contributed by atoms with Crippen molar-refractivity contribution in [3.8, 4) is 0 Å². The summed E-state index contributed by atoms with van der Waals surface area (Å²) in [6.45, 7) is 1.74. The summed E-state index contributed by atoms with van der Waals surface area (Å²) in [5, 5.41) is 3.35. The number of halogens is 2. The summed E-state index contributed by atoms with van der Waals surface area (Å²) < 4.78 is 10.5. The molecule has 1 heterocycles. The van der Waals surface area contributed by atoms with Crippen LogP contribution in [0.2, 0.25) is 10.0 Å². The van der Waals surface area contributed by atoms with E-state index in [2.05, 4.69) is 10.3 Å².